The fraction of sp³-hybridized carbons (Fsp3) is 0.176. The first kappa shape index (κ1) is 18.2. The number of ether oxygens (including phenoxy) is 2. The predicted octanol–water partition coefficient (Wildman–Crippen LogP) is 3.29. The lowest BCUT2D eigenvalue weighted by Gasteiger charge is -2.07. The van der Waals surface area contributed by atoms with Crippen LogP contribution in [0.1, 0.15) is 5.56 Å². The van der Waals surface area contributed by atoms with Gasteiger partial charge in [-0.05, 0) is 36.4 Å². The van der Waals surface area contributed by atoms with Crippen LogP contribution in [0.4, 0.5) is 14.5 Å². The van der Waals surface area contributed by atoms with Gasteiger partial charge >= 0.3 is 6.61 Å². The van der Waals surface area contributed by atoms with E-state index in [4.69, 9.17) is 9.57 Å². The zero-order chi connectivity index (χ0) is 18.1. The molecular formula is C17H16F2N2O4. The lowest BCUT2D eigenvalue weighted by Crippen LogP contribution is -2.16. The third-order valence-corrected chi connectivity index (χ3v) is 2.97. The van der Waals surface area contributed by atoms with Gasteiger partial charge in [-0.1, -0.05) is 17.3 Å². The normalized spacial score (nSPS) is 10.7. The Hall–Kier alpha value is -3.16. The molecule has 0 aliphatic rings. The van der Waals surface area contributed by atoms with Crippen LogP contribution < -0.4 is 14.8 Å². The van der Waals surface area contributed by atoms with E-state index in [-0.39, 0.29) is 12.4 Å². The molecule has 0 fully saturated rings. The SMILES string of the molecule is COc1ccc(NC(=O)CO/N=C/c2ccccc2OC(F)F)cc1. The number of para-hydroxylation sites is 1. The molecule has 0 radical (unpaired) electrons. The first-order valence-electron chi connectivity index (χ1n) is 7.21. The average molecular weight is 350 g/mol. The van der Waals surface area contributed by atoms with Crippen LogP contribution in [0, 0.1) is 0 Å². The van der Waals surface area contributed by atoms with Gasteiger partial charge in [-0.2, -0.15) is 8.78 Å². The molecule has 0 spiro atoms. The Labute approximate surface area is 143 Å². The molecule has 0 aromatic heterocycles. The maximum absolute atomic E-state index is 12.3. The summed E-state index contributed by atoms with van der Waals surface area (Å²) in [6.45, 7) is -3.27. The highest BCUT2D eigenvalue weighted by atomic mass is 19.3. The quantitative estimate of drug-likeness (QED) is 0.586. The molecule has 0 atom stereocenters. The van der Waals surface area contributed by atoms with Crippen LogP contribution in [0.5, 0.6) is 11.5 Å². The van der Waals surface area contributed by atoms with E-state index < -0.39 is 12.5 Å². The molecule has 6 nitrogen and oxygen atoms in total. The van der Waals surface area contributed by atoms with Crippen molar-refractivity contribution in [2.24, 2.45) is 5.16 Å². The molecule has 1 N–H and O–H groups in total. The van der Waals surface area contributed by atoms with Crippen molar-refractivity contribution < 1.29 is 27.9 Å². The predicted molar refractivity (Wildman–Crippen MR) is 88.2 cm³/mol. The number of benzene rings is 2. The number of carbonyl (C=O) groups excluding carboxylic acids is 1. The third kappa shape index (κ3) is 6.09. The molecular weight excluding hydrogens is 334 g/mol. The minimum absolute atomic E-state index is 0.0347. The number of methoxy groups -OCH3 is 1. The summed E-state index contributed by atoms with van der Waals surface area (Å²) in [4.78, 5) is 16.6. The van der Waals surface area contributed by atoms with Crippen molar-refractivity contribution in [1.82, 2.24) is 0 Å². The third-order valence-electron chi connectivity index (χ3n) is 2.97. The molecule has 0 aliphatic heterocycles. The number of halogens is 2. The molecule has 0 saturated heterocycles. The van der Waals surface area contributed by atoms with E-state index in [0.717, 1.165) is 0 Å². The zero-order valence-corrected chi connectivity index (χ0v) is 13.3. The number of nitrogens with one attached hydrogen (secondary N) is 1. The number of carbonyl (C=O) groups is 1. The van der Waals surface area contributed by atoms with E-state index in [1.807, 2.05) is 0 Å². The molecule has 0 unspecified atom stereocenters. The maximum atomic E-state index is 12.3. The van der Waals surface area contributed by atoms with Crippen molar-refractivity contribution in [3.8, 4) is 11.5 Å². The van der Waals surface area contributed by atoms with Crippen molar-refractivity contribution in [3.05, 3.63) is 54.1 Å². The standard InChI is InChI=1S/C17H16F2N2O4/c1-23-14-8-6-13(7-9-14)21-16(22)11-24-20-10-12-4-2-3-5-15(12)25-17(18)19/h2-10,17H,11H2,1H3,(H,21,22)/b20-10+. The van der Waals surface area contributed by atoms with Crippen molar-refractivity contribution >= 4 is 17.8 Å². The average Bonchev–Trinajstić information content (AvgIpc) is 2.60. The number of oxime groups is 1. The first-order valence-corrected chi connectivity index (χ1v) is 7.21. The van der Waals surface area contributed by atoms with Crippen LogP contribution in [0.2, 0.25) is 0 Å². The largest absolute Gasteiger partial charge is 0.497 e. The van der Waals surface area contributed by atoms with Gasteiger partial charge in [-0.25, -0.2) is 0 Å². The summed E-state index contributed by atoms with van der Waals surface area (Å²) < 4.78 is 33.9. The Kier molecular flexibility index (Phi) is 6.70. The van der Waals surface area contributed by atoms with E-state index >= 15 is 0 Å². The van der Waals surface area contributed by atoms with Gasteiger partial charge in [0.25, 0.3) is 5.91 Å². The molecule has 8 heteroatoms. The number of anilines is 1. The van der Waals surface area contributed by atoms with Gasteiger partial charge in [0.15, 0.2) is 6.61 Å². The summed E-state index contributed by atoms with van der Waals surface area (Å²) in [5.74, 6) is 0.218. The van der Waals surface area contributed by atoms with E-state index in [2.05, 4.69) is 15.2 Å². The molecule has 1 amide bonds. The highest BCUT2D eigenvalue weighted by molar-refractivity contribution is 5.91. The number of alkyl halides is 2. The summed E-state index contributed by atoms with van der Waals surface area (Å²) in [5, 5.41) is 6.20. The molecule has 25 heavy (non-hydrogen) atoms. The molecule has 132 valence electrons. The van der Waals surface area contributed by atoms with Crippen LogP contribution >= 0.6 is 0 Å². The fourth-order valence-corrected chi connectivity index (χ4v) is 1.85. The van der Waals surface area contributed by atoms with Crippen molar-refractivity contribution in [1.29, 1.82) is 0 Å². The highest BCUT2D eigenvalue weighted by Crippen LogP contribution is 2.18. The fourth-order valence-electron chi connectivity index (χ4n) is 1.85. The van der Waals surface area contributed by atoms with Crippen LogP contribution in [0.25, 0.3) is 0 Å². The van der Waals surface area contributed by atoms with Gasteiger partial charge in [0.2, 0.25) is 0 Å². The van der Waals surface area contributed by atoms with Crippen LogP contribution in [-0.2, 0) is 9.63 Å². The van der Waals surface area contributed by atoms with Crippen molar-refractivity contribution in [3.63, 3.8) is 0 Å². The van der Waals surface area contributed by atoms with E-state index in [1.54, 1.807) is 43.5 Å². The van der Waals surface area contributed by atoms with Gasteiger partial charge in [-0.3, -0.25) is 4.79 Å². The second kappa shape index (κ2) is 9.21. The number of hydrogen-bond acceptors (Lipinski definition) is 5. The van der Waals surface area contributed by atoms with Gasteiger partial charge in [0.1, 0.15) is 11.5 Å². The molecule has 0 heterocycles. The molecule has 0 saturated carbocycles. The Morgan fingerprint density at radius 3 is 2.60 bits per heavy atom. The van der Waals surface area contributed by atoms with Gasteiger partial charge in [-0.15, -0.1) is 0 Å². The lowest BCUT2D eigenvalue weighted by atomic mass is 10.2. The minimum atomic E-state index is -2.94. The minimum Gasteiger partial charge on any atom is -0.497 e. The topological polar surface area (TPSA) is 69.2 Å². The summed E-state index contributed by atoms with van der Waals surface area (Å²) in [6, 6.07) is 12.9. The Bertz CT molecular complexity index is 721. The summed E-state index contributed by atoms with van der Waals surface area (Å²) in [6.07, 6.45) is 1.19. The van der Waals surface area contributed by atoms with Crippen molar-refractivity contribution in [2.75, 3.05) is 19.0 Å². The monoisotopic (exact) mass is 350 g/mol. The smallest absolute Gasteiger partial charge is 0.387 e. The second-order valence-electron chi connectivity index (χ2n) is 4.70. The Morgan fingerprint density at radius 2 is 1.92 bits per heavy atom. The number of hydrogen-bond donors (Lipinski definition) is 1. The van der Waals surface area contributed by atoms with E-state index in [9.17, 15) is 13.6 Å². The second-order valence-corrected chi connectivity index (χ2v) is 4.70. The summed E-state index contributed by atoms with van der Waals surface area (Å²) in [5.41, 5.74) is 0.882. The number of rotatable bonds is 8. The summed E-state index contributed by atoms with van der Waals surface area (Å²) >= 11 is 0. The number of nitrogens with zero attached hydrogens (tertiary/aromatic N) is 1. The van der Waals surface area contributed by atoms with Gasteiger partial charge in [0, 0.05) is 11.3 Å². The zero-order valence-electron chi connectivity index (χ0n) is 13.3. The molecule has 2 aromatic rings. The number of amides is 1. The van der Waals surface area contributed by atoms with Gasteiger partial charge in [0.05, 0.1) is 13.3 Å². The Balaban J connectivity index is 1.83. The summed E-state index contributed by atoms with van der Waals surface area (Å²) in [7, 11) is 1.55. The van der Waals surface area contributed by atoms with E-state index in [1.165, 1.54) is 18.3 Å². The van der Waals surface area contributed by atoms with Gasteiger partial charge < -0.3 is 19.6 Å². The highest BCUT2D eigenvalue weighted by Gasteiger charge is 2.08. The van der Waals surface area contributed by atoms with Crippen LogP contribution in [-0.4, -0.2) is 32.4 Å². The molecule has 0 aliphatic carbocycles. The Morgan fingerprint density at radius 1 is 1.20 bits per heavy atom. The van der Waals surface area contributed by atoms with E-state index in [0.29, 0.717) is 17.0 Å². The molecule has 0 bridgehead atoms. The molecule has 2 aromatic carbocycles. The first-order chi connectivity index (χ1) is 12.1. The maximum Gasteiger partial charge on any atom is 0.387 e. The van der Waals surface area contributed by atoms with Crippen LogP contribution in [0.3, 0.4) is 0 Å². The molecule has 2 rings (SSSR count). The van der Waals surface area contributed by atoms with Crippen LogP contribution in [0.15, 0.2) is 53.7 Å². The lowest BCUT2D eigenvalue weighted by molar-refractivity contribution is -0.120. The van der Waals surface area contributed by atoms with Crippen molar-refractivity contribution in [2.45, 2.75) is 6.61 Å².